The molecule has 1 aromatic carbocycles. The molecule has 3 N–H and O–H groups in total. The minimum Gasteiger partial charge on any atom is -0.383 e. The second kappa shape index (κ2) is 9.38. The van der Waals surface area contributed by atoms with Crippen molar-refractivity contribution in [3.8, 4) is 0 Å². The first-order valence-corrected chi connectivity index (χ1v) is 9.78. The van der Waals surface area contributed by atoms with E-state index in [4.69, 9.17) is 5.73 Å². The van der Waals surface area contributed by atoms with Gasteiger partial charge in [0.15, 0.2) is 5.69 Å². The number of amides is 1. The molecular formula is C20H27N5O5. The minimum absolute atomic E-state index is 0.0718. The number of nitrogens with zero attached hydrogens (tertiary/aromatic N) is 3. The van der Waals surface area contributed by atoms with Gasteiger partial charge in [0.05, 0.1) is 4.92 Å². The Morgan fingerprint density at radius 1 is 1.33 bits per heavy atom. The van der Waals surface area contributed by atoms with Gasteiger partial charge < -0.3 is 10.6 Å². The molecule has 10 heteroatoms. The summed E-state index contributed by atoms with van der Waals surface area (Å²) in [6, 6.07) is 4.20. The van der Waals surface area contributed by atoms with Crippen LogP contribution in [0, 0.1) is 23.0 Å². The summed E-state index contributed by atoms with van der Waals surface area (Å²) in [4.78, 5) is 52.4. The lowest BCUT2D eigenvalue weighted by Crippen LogP contribution is -2.42. The maximum absolute atomic E-state index is 13.4. The van der Waals surface area contributed by atoms with Crippen molar-refractivity contribution in [1.29, 1.82) is 0 Å². The molecule has 0 radical (unpaired) electrons. The Labute approximate surface area is 173 Å². The number of carbonyl (C=O) groups is 1. The highest BCUT2D eigenvalue weighted by Crippen LogP contribution is 2.26. The van der Waals surface area contributed by atoms with E-state index in [1.165, 1.54) is 34.6 Å². The number of aromatic amines is 1. The zero-order valence-corrected chi connectivity index (χ0v) is 17.6. The maximum atomic E-state index is 13.4. The van der Waals surface area contributed by atoms with Gasteiger partial charge in [0.1, 0.15) is 5.82 Å². The summed E-state index contributed by atoms with van der Waals surface area (Å²) < 4.78 is 1.23. The molecule has 2 rings (SSSR count). The highest BCUT2D eigenvalue weighted by atomic mass is 16.6. The van der Waals surface area contributed by atoms with Crippen LogP contribution >= 0.6 is 0 Å². The summed E-state index contributed by atoms with van der Waals surface area (Å²) in [5, 5.41) is 11.3. The van der Waals surface area contributed by atoms with E-state index in [9.17, 15) is 24.5 Å². The summed E-state index contributed by atoms with van der Waals surface area (Å²) in [7, 11) is 0. The molecule has 1 heterocycles. The van der Waals surface area contributed by atoms with Gasteiger partial charge >= 0.3 is 5.69 Å². The van der Waals surface area contributed by atoms with Gasteiger partial charge in [-0.25, -0.2) is 4.79 Å². The first-order valence-electron chi connectivity index (χ1n) is 9.78. The number of nitrogen functional groups attached to an aromatic ring is 1. The minimum atomic E-state index is -0.773. The number of nitrogens with two attached hydrogens (primary N) is 1. The van der Waals surface area contributed by atoms with E-state index >= 15 is 0 Å². The molecule has 1 aromatic heterocycles. The van der Waals surface area contributed by atoms with E-state index < -0.39 is 22.1 Å². The molecule has 0 aliphatic rings. The number of nitro benzene ring substituents is 1. The lowest BCUT2D eigenvalue weighted by molar-refractivity contribution is -0.385. The highest BCUT2D eigenvalue weighted by Gasteiger charge is 2.28. The molecule has 10 nitrogen and oxygen atoms in total. The summed E-state index contributed by atoms with van der Waals surface area (Å²) in [5.74, 6) is -0.621. The standard InChI is InChI=1S/C20H27N5O5/c1-5-6-10-23(19(27)14-8-7-9-15(13(14)4)25(29)30)16-17(21)24(11-12(2)3)20(28)22-18(16)26/h7-9,12H,5-6,10-11,21H2,1-4H3,(H,22,26,28). The van der Waals surface area contributed by atoms with Crippen molar-refractivity contribution in [3.63, 3.8) is 0 Å². The van der Waals surface area contributed by atoms with Crippen molar-refractivity contribution >= 4 is 23.1 Å². The average Bonchev–Trinajstić information content (AvgIpc) is 2.66. The summed E-state index contributed by atoms with van der Waals surface area (Å²) in [5.41, 5.74) is 4.73. The zero-order chi connectivity index (χ0) is 22.6. The van der Waals surface area contributed by atoms with Crippen LogP contribution in [0.25, 0.3) is 0 Å². The van der Waals surface area contributed by atoms with Crippen molar-refractivity contribution < 1.29 is 9.72 Å². The fourth-order valence-corrected chi connectivity index (χ4v) is 3.21. The fourth-order valence-electron chi connectivity index (χ4n) is 3.21. The van der Waals surface area contributed by atoms with Gasteiger partial charge in [0, 0.05) is 30.3 Å². The number of benzene rings is 1. The lowest BCUT2D eigenvalue weighted by atomic mass is 10.0. The van der Waals surface area contributed by atoms with Crippen LogP contribution in [-0.2, 0) is 6.54 Å². The molecule has 0 saturated carbocycles. The first kappa shape index (κ1) is 22.9. The molecule has 0 spiro atoms. The molecule has 30 heavy (non-hydrogen) atoms. The van der Waals surface area contributed by atoms with Crippen molar-refractivity contribution in [2.24, 2.45) is 5.92 Å². The molecule has 0 aliphatic heterocycles. The normalized spacial score (nSPS) is 11.0. The first-order chi connectivity index (χ1) is 14.1. The number of aromatic nitrogens is 2. The van der Waals surface area contributed by atoms with E-state index in [0.717, 1.165) is 6.42 Å². The van der Waals surface area contributed by atoms with Crippen LogP contribution in [0.15, 0.2) is 27.8 Å². The number of nitro groups is 1. The Hall–Kier alpha value is -3.43. The molecule has 0 fully saturated rings. The van der Waals surface area contributed by atoms with Crippen molar-refractivity contribution in [1.82, 2.24) is 9.55 Å². The summed E-state index contributed by atoms with van der Waals surface area (Å²) in [6.45, 7) is 7.63. The number of hydrogen-bond acceptors (Lipinski definition) is 6. The van der Waals surface area contributed by atoms with Gasteiger partial charge in [-0.1, -0.05) is 33.3 Å². The molecule has 0 atom stereocenters. The van der Waals surface area contributed by atoms with Crippen LogP contribution in [0.2, 0.25) is 0 Å². The van der Waals surface area contributed by atoms with E-state index in [1.807, 2.05) is 20.8 Å². The van der Waals surface area contributed by atoms with Gasteiger partial charge in [-0.15, -0.1) is 0 Å². The van der Waals surface area contributed by atoms with Crippen LogP contribution in [0.3, 0.4) is 0 Å². The topological polar surface area (TPSA) is 144 Å². The van der Waals surface area contributed by atoms with E-state index in [1.54, 1.807) is 0 Å². The smallest absolute Gasteiger partial charge is 0.330 e. The Bertz CT molecular complexity index is 1070. The van der Waals surface area contributed by atoms with Gasteiger partial charge in [-0.3, -0.25) is 29.3 Å². The average molecular weight is 417 g/mol. The van der Waals surface area contributed by atoms with Crippen LogP contribution in [-0.4, -0.2) is 26.9 Å². The molecule has 0 saturated heterocycles. The van der Waals surface area contributed by atoms with Gasteiger partial charge in [-0.05, 0) is 25.3 Å². The lowest BCUT2D eigenvalue weighted by Gasteiger charge is -2.25. The Kier molecular flexibility index (Phi) is 7.14. The van der Waals surface area contributed by atoms with Gasteiger partial charge in [0.25, 0.3) is 17.2 Å². The van der Waals surface area contributed by atoms with Crippen LogP contribution in [0.4, 0.5) is 17.2 Å². The molecule has 0 unspecified atom stereocenters. The van der Waals surface area contributed by atoms with E-state index in [-0.39, 0.29) is 47.3 Å². The van der Waals surface area contributed by atoms with Crippen molar-refractivity contribution in [2.75, 3.05) is 17.2 Å². The molecular weight excluding hydrogens is 390 g/mol. The number of rotatable bonds is 8. The largest absolute Gasteiger partial charge is 0.383 e. The summed E-state index contributed by atoms with van der Waals surface area (Å²) in [6.07, 6.45) is 1.31. The third kappa shape index (κ3) is 4.58. The Morgan fingerprint density at radius 3 is 2.57 bits per heavy atom. The SMILES string of the molecule is CCCCN(C(=O)c1cccc([N+](=O)[O-])c1C)c1c(N)n(CC(C)C)c(=O)[nH]c1=O. The second-order valence-corrected chi connectivity index (χ2v) is 7.51. The second-order valence-electron chi connectivity index (χ2n) is 7.51. The van der Waals surface area contributed by atoms with Crippen LogP contribution in [0.5, 0.6) is 0 Å². The Balaban J connectivity index is 2.69. The molecule has 2 aromatic rings. The fraction of sp³-hybridized carbons (Fsp3) is 0.450. The third-order valence-corrected chi connectivity index (χ3v) is 4.74. The number of nitrogens with one attached hydrogen (secondary N) is 1. The highest BCUT2D eigenvalue weighted by molar-refractivity contribution is 6.08. The molecule has 1 amide bonds. The zero-order valence-electron chi connectivity index (χ0n) is 17.6. The number of H-pyrrole nitrogens is 1. The third-order valence-electron chi connectivity index (χ3n) is 4.74. The quantitative estimate of drug-likeness (QED) is 0.498. The molecule has 0 aliphatic carbocycles. The number of unbranched alkanes of at least 4 members (excludes halogenated alkanes) is 1. The van der Waals surface area contributed by atoms with E-state index in [0.29, 0.717) is 6.42 Å². The predicted octanol–water partition coefficient (Wildman–Crippen LogP) is 2.44. The van der Waals surface area contributed by atoms with Crippen LogP contribution in [0.1, 0.15) is 49.5 Å². The van der Waals surface area contributed by atoms with Crippen molar-refractivity contribution in [3.05, 3.63) is 60.3 Å². The van der Waals surface area contributed by atoms with Gasteiger partial charge in [-0.2, -0.15) is 0 Å². The maximum Gasteiger partial charge on any atom is 0.330 e. The van der Waals surface area contributed by atoms with E-state index in [2.05, 4.69) is 4.98 Å². The number of anilines is 2. The van der Waals surface area contributed by atoms with Crippen molar-refractivity contribution in [2.45, 2.75) is 47.1 Å². The number of carbonyl (C=O) groups excluding carboxylic acids is 1. The molecule has 162 valence electrons. The van der Waals surface area contributed by atoms with Gasteiger partial charge in [0.2, 0.25) is 0 Å². The number of hydrogen-bond donors (Lipinski definition) is 2. The summed E-state index contributed by atoms with van der Waals surface area (Å²) >= 11 is 0. The van der Waals surface area contributed by atoms with Crippen LogP contribution < -0.4 is 21.9 Å². The molecule has 0 bridgehead atoms. The monoisotopic (exact) mass is 417 g/mol. The predicted molar refractivity (Wildman–Crippen MR) is 115 cm³/mol. The Morgan fingerprint density at radius 2 is 2.00 bits per heavy atom.